The summed E-state index contributed by atoms with van der Waals surface area (Å²) in [6.45, 7) is 1.43. The van der Waals surface area contributed by atoms with Crippen LogP contribution in [0.15, 0.2) is 60.9 Å². The van der Waals surface area contributed by atoms with Crippen molar-refractivity contribution in [3.63, 3.8) is 0 Å². The Bertz CT molecular complexity index is 1250. The number of nitrogens with one attached hydrogen (secondary N) is 1. The monoisotopic (exact) mass is 416 g/mol. The van der Waals surface area contributed by atoms with Crippen LogP contribution in [-0.2, 0) is 0 Å². The highest BCUT2D eigenvalue weighted by Gasteiger charge is 2.36. The Labute approximate surface area is 177 Å². The SMILES string of the molecule is Nc1ncnc2c1c(-c1ccc(Oc3ccccc3)cc1)c([N+](=O)[O-])n2C1CCNC1. The zero-order valence-electron chi connectivity index (χ0n) is 16.6. The van der Waals surface area contributed by atoms with E-state index >= 15 is 0 Å². The van der Waals surface area contributed by atoms with Crippen LogP contribution >= 0.6 is 0 Å². The number of hydrogen-bond donors (Lipinski definition) is 2. The van der Waals surface area contributed by atoms with Crippen LogP contribution in [0.4, 0.5) is 11.6 Å². The normalized spacial score (nSPS) is 15.9. The van der Waals surface area contributed by atoms with E-state index in [1.165, 1.54) is 6.33 Å². The lowest BCUT2D eigenvalue weighted by Crippen LogP contribution is -2.15. The van der Waals surface area contributed by atoms with Crippen LogP contribution in [0, 0.1) is 10.1 Å². The maximum absolute atomic E-state index is 12.2. The second-order valence-corrected chi connectivity index (χ2v) is 7.37. The highest BCUT2D eigenvalue weighted by molar-refractivity contribution is 6.05. The summed E-state index contributed by atoms with van der Waals surface area (Å²) in [5.41, 5.74) is 7.74. The lowest BCUT2D eigenvalue weighted by molar-refractivity contribution is -0.391. The number of nitrogens with zero attached hydrogens (tertiary/aromatic N) is 4. The largest absolute Gasteiger partial charge is 0.457 e. The van der Waals surface area contributed by atoms with E-state index in [1.807, 2.05) is 30.3 Å². The third-order valence-corrected chi connectivity index (χ3v) is 5.48. The van der Waals surface area contributed by atoms with E-state index < -0.39 is 0 Å². The third-order valence-electron chi connectivity index (χ3n) is 5.48. The van der Waals surface area contributed by atoms with E-state index in [-0.39, 0.29) is 22.6 Å². The number of fused-ring (bicyclic) bond motifs is 1. The predicted octanol–water partition coefficient (Wildman–Crippen LogP) is 3.92. The number of anilines is 1. The zero-order chi connectivity index (χ0) is 21.4. The van der Waals surface area contributed by atoms with Gasteiger partial charge in [0.05, 0.1) is 10.9 Å². The number of ether oxygens (including phenoxy) is 1. The number of hydrogen-bond acceptors (Lipinski definition) is 7. The molecule has 31 heavy (non-hydrogen) atoms. The highest BCUT2D eigenvalue weighted by Crippen LogP contribution is 2.44. The van der Waals surface area contributed by atoms with Crippen LogP contribution in [0.2, 0.25) is 0 Å². The van der Waals surface area contributed by atoms with Gasteiger partial charge < -0.3 is 25.9 Å². The first kappa shape index (κ1) is 19.0. The van der Waals surface area contributed by atoms with Gasteiger partial charge in [-0.25, -0.2) is 9.55 Å². The Morgan fingerprint density at radius 3 is 2.52 bits per heavy atom. The van der Waals surface area contributed by atoms with Crippen LogP contribution in [-0.4, -0.2) is 32.5 Å². The fourth-order valence-electron chi connectivity index (χ4n) is 4.12. The number of nitrogens with two attached hydrogens (primary N) is 1. The molecule has 2 aromatic heterocycles. The van der Waals surface area contributed by atoms with Gasteiger partial charge in [0.25, 0.3) is 0 Å². The highest BCUT2D eigenvalue weighted by atomic mass is 16.6. The number of aromatic nitrogens is 3. The minimum atomic E-state index is -0.358. The Balaban J connectivity index is 1.65. The zero-order valence-corrected chi connectivity index (χ0v) is 16.6. The number of nitro groups is 1. The molecule has 9 heteroatoms. The summed E-state index contributed by atoms with van der Waals surface area (Å²) in [6.07, 6.45) is 2.12. The molecule has 3 N–H and O–H groups in total. The van der Waals surface area contributed by atoms with Crippen molar-refractivity contribution >= 4 is 22.7 Å². The first-order valence-electron chi connectivity index (χ1n) is 9.96. The van der Waals surface area contributed by atoms with Crippen molar-refractivity contribution in [3.8, 4) is 22.6 Å². The maximum Gasteiger partial charge on any atom is 0.333 e. The average molecular weight is 416 g/mol. The molecule has 0 saturated carbocycles. The molecule has 0 aliphatic carbocycles. The van der Waals surface area contributed by atoms with Crippen molar-refractivity contribution < 1.29 is 9.66 Å². The maximum atomic E-state index is 12.2. The van der Waals surface area contributed by atoms with Gasteiger partial charge in [-0.15, -0.1) is 0 Å². The molecular formula is C22H20N6O3. The van der Waals surface area contributed by atoms with Gasteiger partial charge in [0.15, 0.2) is 0 Å². The molecule has 1 atom stereocenters. The Hall–Kier alpha value is -3.98. The minimum absolute atomic E-state index is 0.0207. The number of nitrogen functional groups attached to an aromatic ring is 1. The van der Waals surface area contributed by atoms with Gasteiger partial charge in [0, 0.05) is 13.0 Å². The van der Waals surface area contributed by atoms with Crippen molar-refractivity contribution in [1.29, 1.82) is 0 Å². The lowest BCUT2D eigenvalue weighted by atomic mass is 10.0. The molecule has 2 aromatic carbocycles. The van der Waals surface area contributed by atoms with Gasteiger partial charge in [0.2, 0.25) is 5.65 Å². The first-order chi connectivity index (χ1) is 15.1. The van der Waals surface area contributed by atoms with Crippen molar-refractivity contribution in [3.05, 3.63) is 71.0 Å². The standard InChI is InChI=1S/C22H20N6O3/c23-20-19-18(14-6-8-17(9-7-14)31-16-4-2-1-3-5-16)22(28(29)30)27(15-10-11-24-12-15)21(19)26-13-25-20/h1-9,13,15,24H,10-12H2,(H2,23,25,26). The molecule has 4 aromatic rings. The van der Waals surface area contributed by atoms with E-state index in [4.69, 9.17) is 10.5 Å². The number of benzene rings is 2. The smallest absolute Gasteiger partial charge is 0.333 e. The summed E-state index contributed by atoms with van der Waals surface area (Å²) in [4.78, 5) is 20.3. The van der Waals surface area contributed by atoms with Crippen LogP contribution < -0.4 is 15.8 Å². The fourth-order valence-corrected chi connectivity index (χ4v) is 4.12. The molecule has 0 amide bonds. The predicted molar refractivity (Wildman–Crippen MR) is 117 cm³/mol. The van der Waals surface area contributed by atoms with Gasteiger partial charge in [-0.05, 0) is 41.3 Å². The van der Waals surface area contributed by atoms with E-state index in [0.29, 0.717) is 40.2 Å². The molecule has 1 aliphatic heterocycles. The second kappa shape index (κ2) is 7.69. The average Bonchev–Trinajstić information content (AvgIpc) is 3.41. The molecule has 1 unspecified atom stereocenters. The Morgan fingerprint density at radius 2 is 1.84 bits per heavy atom. The van der Waals surface area contributed by atoms with Gasteiger partial charge >= 0.3 is 5.82 Å². The van der Waals surface area contributed by atoms with E-state index in [0.717, 1.165) is 13.0 Å². The van der Waals surface area contributed by atoms with E-state index in [9.17, 15) is 10.1 Å². The minimum Gasteiger partial charge on any atom is -0.457 e. The van der Waals surface area contributed by atoms with Crippen molar-refractivity contribution in [2.45, 2.75) is 12.5 Å². The third kappa shape index (κ3) is 3.34. The molecule has 1 aliphatic rings. The molecule has 0 bridgehead atoms. The fraction of sp³-hybridized carbons (Fsp3) is 0.182. The van der Waals surface area contributed by atoms with Crippen LogP contribution in [0.25, 0.3) is 22.2 Å². The number of para-hydroxylation sites is 1. The summed E-state index contributed by atoms with van der Waals surface area (Å²) >= 11 is 0. The summed E-state index contributed by atoms with van der Waals surface area (Å²) < 4.78 is 7.54. The van der Waals surface area contributed by atoms with Crippen molar-refractivity contribution in [2.75, 3.05) is 18.8 Å². The van der Waals surface area contributed by atoms with Crippen LogP contribution in [0.5, 0.6) is 11.5 Å². The molecule has 156 valence electrons. The molecule has 1 saturated heterocycles. The molecule has 5 rings (SSSR count). The van der Waals surface area contributed by atoms with Crippen LogP contribution in [0.1, 0.15) is 12.5 Å². The lowest BCUT2D eigenvalue weighted by Gasteiger charge is -2.10. The number of rotatable bonds is 5. The topological polar surface area (TPSA) is 121 Å². The summed E-state index contributed by atoms with van der Waals surface area (Å²) in [5.74, 6) is 1.54. The molecule has 1 fully saturated rings. The first-order valence-corrected chi connectivity index (χ1v) is 9.96. The van der Waals surface area contributed by atoms with Gasteiger partial charge in [-0.2, -0.15) is 4.98 Å². The molecule has 9 nitrogen and oxygen atoms in total. The van der Waals surface area contributed by atoms with E-state index in [1.54, 1.807) is 28.8 Å². The molecule has 3 heterocycles. The summed E-state index contributed by atoms with van der Waals surface area (Å²) in [5, 5.41) is 16.0. The molecular weight excluding hydrogens is 396 g/mol. The van der Waals surface area contributed by atoms with Gasteiger partial charge in [-0.1, -0.05) is 30.3 Å². The van der Waals surface area contributed by atoms with E-state index in [2.05, 4.69) is 15.3 Å². The van der Waals surface area contributed by atoms with Crippen molar-refractivity contribution in [2.24, 2.45) is 0 Å². The molecule has 0 radical (unpaired) electrons. The van der Waals surface area contributed by atoms with Gasteiger partial charge in [-0.3, -0.25) is 0 Å². The van der Waals surface area contributed by atoms with Crippen LogP contribution in [0.3, 0.4) is 0 Å². The molecule has 0 spiro atoms. The summed E-state index contributed by atoms with van der Waals surface area (Å²) in [6, 6.07) is 16.5. The quantitative estimate of drug-likeness (QED) is 0.374. The summed E-state index contributed by atoms with van der Waals surface area (Å²) in [7, 11) is 0. The van der Waals surface area contributed by atoms with Crippen molar-refractivity contribution in [1.82, 2.24) is 19.9 Å². The Morgan fingerprint density at radius 1 is 1.10 bits per heavy atom. The second-order valence-electron chi connectivity index (χ2n) is 7.37. The van der Waals surface area contributed by atoms with Gasteiger partial charge in [0.1, 0.15) is 29.7 Å². The Kier molecular flexibility index (Phi) is 4.72.